The van der Waals surface area contributed by atoms with Crippen LogP contribution in [0.4, 0.5) is 5.69 Å². The van der Waals surface area contributed by atoms with E-state index in [1.54, 1.807) is 18.2 Å². The second-order valence-electron chi connectivity index (χ2n) is 8.14. The summed E-state index contributed by atoms with van der Waals surface area (Å²) in [6.07, 6.45) is 1.74. The van der Waals surface area contributed by atoms with Crippen LogP contribution in [-0.4, -0.2) is 23.4 Å². The fourth-order valence-electron chi connectivity index (χ4n) is 4.54. The van der Waals surface area contributed by atoms with E-state index in [1.165, 1.54) is 4.90 Å². The van der Waals surface area contributed by atoms with Gasteiger partial charge >= 0.3 is 0 Å². The molecule has 1 unspecified atom stereocenters. The van der Waals surface area contributed by atoms with Crippen molar-refractivity contribution >= 4 is 23.1 Å². The number of hydrogen-bond acceptors (Lipinski definition) is 4. The van der Waals surface area contributed by atoms with Gasteiger partial charge in [-0.2, -0.15) is 0 Å². The third-order valence-corrected chi connectivity index (χ3v) is 6.14. The van der Waals surface area contributed by atoms with Gasteiger partial charge in [0, 0.05) is 11.3 Å². The largest absolute Gasteiger partial charge is 0.507 e. The average Bonchev–Trinajstić information content (AvgIpc) is 3.09. The molecule has 0 aliphatic carbocycles. The number of carbonyl (C=O) groups is 2. The van der Waals surface area contributed by atoms with Crippen molar-refractivity contribution in [3.63, 3.8) is 0 Å². The molecule has 0 aromatic heterocycles. The van der Waals surface area contributed by atoms with Gasteiger partial charge in [0.2, 0.25) is 0 Å². The minimum absolute atomic E-state index is 0.102. The van der Waals surface area contributed by atoms with Crippen LogP contribution in [0.15, 0.2) is 78.4 Å². The molecule has 0 radical (unpaired) electrons. The number of para-hydroxylation sites is 1. The predicted octanol–water partition coefficient (Wildman–Crippen LogP) is 4.95. The zero-order valence-electron chi connectivity index (χ0n) is 17.7. The number of benzene rings is 3. The first-order valence-corrected chi connectivity index (χ1v) is 10.7. The van der Waals surface area contributed by atoms with Crippen LogP contribution in [0.1, 0.15) is 34.7 Å². The maximum Gasteiger partial charge on any atom is 0.300 e. The summed E-state index contributed by atoms with van der Waals surface area (Å²) >= 11 is 0. The Bertz CT molecular complexity index is 1250. The van der Waals surface area contributed by atoms with E-state index in [9.17, 15) is 14.7 Å². The summed E-state index contributed by atoms with van der Waals surface area (Å²) in [5.74, 6) is -0.697. The van der Waals surface area contributed by atoms with Gasteiger partial charge in [0.1, 0.15) is 11.5 Å². The van der Waals surface area contributed by atoms with Crippen molar-refractivity contribution in [2.45, 2.75) is 25.8 Å². The summed E-state index contributed by atoms with van der Waals surface area (Å²) in [7, 11) is 0. The van der Waals surface area contributed by atoms with Gasteiger partial charge in [-0.05, 0) is 66.8 Å². The fourth-order valence-corrected chi connectivity index (χ4v) is 4.54. The summed E-state index contributed by atoms with van der Waals surface area (Å²) in [5, 5.41) is 11.3. The van der Waals surface area contributed by atoms with Crippen LogP contribution >= 0.6 is 0 Å². The average molecular weight is 425 g/mol. The number of fused-ring (bicyclic) bond motifs is 1. The molecule has 1 amide bonds. The first kappa shape index (κ1) is 20.1. The molecule has 1 fully saturated rings. The van der Waals surface area contributed by atoms with E-state index in [4.69, 9.17) is 4.74 Å². The van der Waals surface area contributed by atoms with Crippen LogP contribution in [0.25, 0.3) is 5.76 Å². The molecule has 3 aromatic carbocycles. The molecule has 2 heterocycles. The number of aliphatic hydroxyl groups is 1. The van der Waals surface area contributed by atoms with Crippen molar-refractivity contribution in [3.8, 4) is 5.75 Å². The number of anilines is 1. The molecule has 1 saturated heterocycles. The van der Waals surface area contributed by atoms with Gasteiger partial charge in [0.05, 0.1) is 18.2 Å². The summed E-state index contributed by atoms with van der Waals surface area (Å²) < 4.78 is 5.68. The molecule has 5 rings (SSSR count). The SMILES string of the molecule is Cc1ccccc1C1/C(=C(\O)c2ccc3c(c2)CCCO3)C(=O)C(=O)N1c1ccccc1. The second-order valence-corrected chi connectivity index (χ2v) is 8.14. The number of aryl methyl sites for hydroxylation is 2. The number of ketones is 1. The van der Waals surface area contributed by atoms with E-state index >= 15 is 0 Å². The lowest BCUT2D eigenvalue weighted by molar-refractivity contribution is -0.132. The number of amides is 1. The molecular formula is C27H23NO4. The Kier molecular flexibility index (Phi) is 5.02. The molecule has 2 aliphatic rings. The molecule has 3 aromatic rings. The molecule has 160 valence electrons. The highest BCUT2D eigenvalue weighted by Crippen LogP contribution is 2.43. The van der Waals surface area contributed by atoms with Gasteiger partial charge in [-0.1, -0.05) is 42.5 Å². The Morgan fingerprint density at radius 1 is 1.00 bits per heavy atom. The highest BCUT2D eigenvalue weighted by molar-refractivity contribution is 6.51. The molecular weight excluding hydrogens is 402 g/mol. The first-order valence-electron chi connectivity index (χ1n) is 10.7. The maximum atomic E-state index is 13.3. The zero-order valence-corrected chi connectivity index (χ0v) is 17.7. The maximum absolute atomic E-state index is 13.3. The molecule has 32 heavy (non-hydrogen) atoms. The summed E-state index contributed by atoms with van der Waals surface area (Å²) in [6, 6.07) is 21.4. The zero-order chi connectivity index (χ0) is 22.2. The van der Waals surface area contributed by atoms with E-state index in [0.717, 1.165) is 35.3 Å². The van der Waals surface area contributed by atoms with Crippen LogP contribution in [0.3, 0.4) is 0 Å². The number of rotatable bonds is 3. The smallest absolute Gasteiger partial charge is 0.300 e. The molecule has 1 N–H and O–H groups in total. The topological polar surface area (TPSA) is 66.8 Å². The van der Waals surface area contributed by atoms with Crippen molar-refractivity contribution in [2.24, 2.45) is 0 Å². The Balaban J connectivity index is 1.71. The normalized spacial score (nSPS) is 19.5. The van der Waals surface area contributed by atoms with Crippen molar-refractivity contribution in [1.82, 2.24) is 0 Å². The predicted molar refractivity (Wildman–Crippen MR) is 123 cm³/mol. The van der Waals surface area contributed by atoms with Gasteiger partial charge in [-0.3, -0.25) is 14.5 Å². The Hall–Kier alpha value is -3.86. The highest BCUT2D eigenvalue weighted by Gasteiger charge is 2.47. The van der Waals surface area contributed by atoms with Gasteiger partial charge in [-0.15, -0.1) is 0 Å². The van der Waals surface area contributed by atoms with E-state index in [2.05, 4.69) is 0 Å². The van der Waals surface area contributed by atoms with Crippen molar-refractivity contribution < 1.29 is 19.4 Å². The number of Topliss-reactive ketones (excluding diaryl/α,β-unsaturated/α-hetero) is 1. The first-order chi connectivity index (χ1) is 15.6. The summed E-state index contributed by atoms with van der Waals surface area (Å²) in [5.41, 5.74) is 3.96. The van der Waals surface area contributed by atoms with Crippen LogP contribution in [-0.2, 0) is 16.0 Å². The highest BCUT2D eigenvalue weighted by atomic mass is 16.5. The summed E-state index contributed by atoms with van der Waals surface area (Å²) in [6.45, 7) is 2.62. The van der Waals surface area contributed by atoms with Crippen molar-refractivity contribution in [2.75, 3.05) is 11.5 Å². The fraction of sp³-hybridized carbons (Fsp3) is 0.185. The van der Waals surface area contributed by atoms with Gasteiger partial charge in [0.15, 0.2) is 0 Å². The quantitative estimate of drug-likeness (QED) is 0.366. The Morgan fingerprint density at radius 3 is 2.53 bits per heavy atom. The number of nitrogens with zero attached hydrogens (tertiary/aromatic N) is 1. The monoisotopic (exact) mass is 425 g/mol. The van der Waals surface area contributed by atoms with Gasteiger partial charge < -0.3 is 9.84 Å². The number of hydrogen-bond donors (Lipinski definition) is 1. The molecule has 5 heteroatoms. The molecule has 0 spiro atoms. The molecule has 5 nitrogen and oxygen atoms in total. The van der Waals surface area contributed by atoms with E-state index in [1.807, 2.05) is 61.5 Å². The minimum Gasteiger partial charge on any atom is -0.507 e. The molecule has 2 aliphatic heterocycles. The minimum atomic E-state index is -0.717. The standard InChI is InChI=1S/C27H23NO4/c1-17-8-5-6-12-21(17)24-23(26(30)27(31)28(24)20-10-3-2-4-11-20)25(29)19-13-14-22-18(16-19)9-7-15-32-22/h2-6,8,10-14,16,24,29H,7,9,15H2,1H3/b25-23+. The lowest BCUT2D eigenvalue weighted by Gasteiger charge is -2.26. The lowest BCUT2D eigenvalue weighted by Crippen LogP contribution is -2.29. The third-order valence-electron chi connectivity index (χ3n) is 6.14. The van der Waals surface area contributed by atoms with Crippen LogP contribution in [0, 0.1) is 6.92 Å². The second kappa shape index (κ2) is 8.00. The van der Waals surface area contributed by atoms with Gasteiger partial charge in [-0.25, -0.2) is 0 Å². The number of carbonyl (C=O) groups excluding carboxylic acids is 2. The molecule has 0 saturated carbocycles. The van der Waals surface area contributed by atoms with Crippen molar-refractivity contribution in [1.29, 1.82) is 0 Å². The molecule has 1 atom stereocenters. The van der Waals surface area contributed by atoms with Crippen LogP contribution in [0.5, 0.6) is 5.75 Å². The van der Waals surface area contributed by atoms with E-state index in [-0.39, 0.29) is 11.3 Å². The number of ether oxygens (including phenoxy) is 1. The Morgan fingerprint density at radius 2 is 1.75 bits per heavy atom. The van der Waals surface area contributed by atoms with Crippen LogP contribution < -0.4 is 9.64 Å². The summed E-state index contributed by atoms with van der Waals surface area (Å²) in [4.78, 5) is 27.9. The number of aliphatic hydroxyl groups excluding tert-OH is 1. The van der Waals surface area contributed by atoms with Crippen LogP contribution in [0.2, 0.25) is 0 Å². The molecule has 0 bridgehead atoms. The lowest BCUT2D eigenvalue weighted by atomic mass is 9.91. The Labute approximate surface area is 186 Å². The van der Waals surface area contributed by atoms with E-state index in [0.29, 0.717) is 17.9 Å². The van der Waals surface area contributed by atoms with E-state index < -0.39 is 17.7 Å². The third kappa shape index (κ3) is 3.26. The van der Waals surface area contributed by atoms with Crippen molar-refractivity contribution in [3.05, 3.63) is 101 Å². The van der Waals surface area contributed by atoms with Gasteiger partial charge in [0.25, 0.3) is 11.7 Å².